The molecule has 5 nitrogen and oxygen atoms in total. The maximum atomic E-state index is 12.8. The van der Waals surface area contributed by atoms with E-state index in [2.05, 4.69) is 21.5 Å². The van der Waals surface area contributed by atoms with Crippen molar-refractivity contribution < 1.29 is 4.79 Å². The van der Waals surface area contributed by atoms with Gasteiger partial charge in [-0.15, -0.1) is 11.3 Å². The summed E-state index contributed by atoms with van der Waals surface area (Å²) in [5.41, 5.74) is 0. The minimum Gasteiger partial charge on any atom is -0.340 e. The van der Waals surface area contributed by atoms with Crippen molar-refractivity contribution in [3.63, 3.8) is 0 Å². The van der Waals surface area contributed by atoms with Crippen LogP contribution in [0.2, 0.25) is 0 Å². The number of thiophene rings is 1. The lowest BCUT2D eigenvalue weighted by Gasteiger charge is -2.34. The molecule has 0 saturated carbocycles. The van der Waals surface area contributed by atoms with Gasteiger partial charge < -0.3 is 4.90 Å². The van der Waals surface area contributed by atoms with Crippen molar-refractivity contribution in [3.05, 3.63) is 34.0 Å². The first-order valence-corrected chi connectivity index (χ1v) is 9.13. The zero-order chi connectivity index (χ0) is 16.4. The number of piperidine rings is 1. The van der Waals surface area contributed by atoms with Crippen LogP contribution in [0.5, 0.6) is 0 Å². The number of aryl methyl sites for hydroxylation is 2. The minimum absolute atomic E-state index is 0.0333. The number of nitrogens with zero attached hydrogens (tertiary/aromatic N) is 4. The zero-order valence-corrected chi connectivity index (χ0v) is 14.8. The van der Waals surface area contributed by atoms with E-state index in [9.17, 15) is 4.79 Å². The summed E-state index contributed by atoms with van der Waals surface area (Å²) < 4.78 is 2.00. The van der Waals surface area contributed by atoms with E-state index >= 15 is 0 Å². The van der Waals surface area contributed by atoms with Crippen molar-refractivity contribution in [2.45, 2.75) is 46.1 Å². The molecule has 1 aliphatic rings. The third-order valence-electron chi connectivity index (χ3n) is 4.47. The van der Waals surface area contributed by atoms with Gasteiger partial charge in [0, 0.05) is 23.9 Å². The molecule has 3 rings (SSSR count). The SMILES string of the molecule is Cc1nc(C)n([C@H]2CCCN(C(=O)[C@@H](C)Cc3cccs3)C2)n1. The average Bonchev–Trinajstić information content (AvgIpc) is 3.16. The topological polar surface area (TPSA) is 51.0 Å². The monoisotopic (exact) mass is 332 g/mol. The van der Waals surface area contributed by atoms with Crippen LogP contribution in [0.1, 0.15) is 42.3 Å². The highest BCUT2D eigenvalue weighted by Gasteiger charge is 2.29. The molecule has 2 aromatic rings. The molecule has 23 heavy (non-hydrogen) atoms. The third kappa shape index (κ3) is 3.63. The summed E-state index contributed by atoms with van der Waals surface area (Å²) in [4.78, 5) is 20.5. The largest absolute Gasteiger partial charge is 0.340 e. The summed E-state index contributed by atoms with van der Waals surface area (Å²) in [6, 6.07) is 4.40. The fraction of sp³-hybridized carbons (Fsp3) is 0.588. The lowest BCUT2D eigenvalue weighted by Crippen LogP contribution is -2.43. The summed E-state index contributed by atoms with van der Waals surface area (Å²) in [6.45, 7) is 7.54. The van der Waals surface area contributed by atoms with Crippen molar-refractivity contribution in [2.75, 3.05) is 13.1 Å². The van der Waals surface area contributed by atoms with Gasteiger partial charge in [-0.1, -0.05) is 13.0 Å². The highest BCUT2D eigenvalue weighted by molar-refractivity contribution is 7.09. The number of hydrogen-bond acceptors (Lipinski definition) is 4. The molecular formula is C17H24N4OS. The number of carbonyl (C=O) groups excluding carboxylic acids is 1. The Balaban J connectivity index is 1.65. The van der Waals surface area contributed by atoms with Gasteiger partial charge in [0.25, 0.3) is 0 Å². The van der Waals surface area contributed by atoms with Crippen molar-refractivity contribution >= 4 is 17.2 Å². The van der Waals surface area contributed by atoms with E-state index in [1.54, 1.807) is 11.3 Å². The maximum absolute atomic E-state index is 12.8. The van der Waals surface area contributed by atoms with Crippen molar-refractivity contribution in [3.8, 4) is 0 Å². The molecule has 0 aliphatic carbocycles. The average molecular weight is 332 g/mol. The van der Waals surface area contributed by atoms with Crippen LogP contribution in [0, 0.1) is 19.8 Å². The van der Waals surface area contributed by atoms with E-state index in [1.807, 2.05) is 36.4 Å². The Morgan fingerprint density at radius 3 is 2.96 bits per heavy atom. The first kappa shape index (κ1) is 16.2. The van der Waals surface area contributed by atoms with Gasteiger partial charge in [-0.2, -0.15) is 5.10 Å². The molecule has 0 N–H and O–H groups in total. The summed E-state index contributed by atoms with van der Waals surface area (Å²) in [7, 11) is 0. The van der Waals surface area contributed by atoms with Crippen molar-refractivity contribution in [1.82, 2.24) is 19.7 Å². The molecule has 1 saturated heterocycles. The Bertz CT molecular complexity index is 664. The lowest BCUT2D eigenvalue weighted by molar-refractivity contribution is -0.136. The Labute approximate surface area is 141 Å². The molecule has 1 aliphatic heterocycles. The van der Waals surface area contributed by atoms with E-state index < -0.39 is 0 Å². The molecule has 0 aromatic carbocycles. The van der Waals surface area contributed by atoms with Crippen LogP contribution in [0.3, 0.4) is 0 Å². The number of amides is 1. The number of likely N-dealkylation sites (tertiary alicyclic amines) is 1. The van der Waals surface area contributed by atoms with E-state index in [0.29, 0.717) is 0 Å². The van der Waals surface area contributed by atoms with E-state index in [-0.39, 0.29) is 17.9 Å². The van der Waals surface area contributed by atoms with Crippen LogP contribution in [0.15, 0.2) is 17.5 Å². The van der Waals surface area contributed by atoms with E-state index in [4.69, 9.17) is 0 Å². The predicted molar refractivity (Wildman–Crippen MR) is 91.5 cm³/mol. The van der Waals surface area contributed by atoms with Gasteiger partial charge in [0.05, 0.1) is 6.04 Å². The Hall–Kier alpha value is -1.69. The number of hydrogen-bond donors (Lipinski definition) is 0. The molecule has 0 spiro atoms. The normalized spacial score (nSPS) is 19.8. The van der Waals surface area contributed by atoms with Gasteiger partial charge in [-0.3, -0.25) is 4.79 Å². The van der Waals surface area contributed by atoms with Gasteiger partial charge in [0.2, 0.25) is 5.91 Å². The van der Waals surface area contributed by atoms with Crippen LogP contribution in [0.25, 0.3) is 0 Å². The fourth-order valence-electron chi connectivity index (χ4n) is 3.37. The molecule has 2 aromatic heterocycles. The van der Waals surface area contributed by atoms with E-state index in [1.165, 1.54) is 4.88 Å². The van der Waals surface area contributed by atoms with Crippen LogP contribution in [0.4, 0.5) is 0 Å². The first-order valence-electron chi connectivity index (χ1n) is 8.25. The predicted octanol–water partition coefficient (Wildman–Crippen LogP) is 3.00. The third-order valence-corrected chi connectivity index (χ3v) is 5.37. The first-order chi connectivity index (χ1) is 11.0. The highest BCUT2D eigenvalue weighted by Crippen LogP contribution is 2.24. The number of rotatable bonds is 4. The summed E-state index contributed by atoms with van der Waals surface area (Å²) >= 11 is 1.72. The standard InChI is InChI=1S/C17H24N4OS/c1-12(10-16-7-5-9-23-16)17(22)20-8-4-6-15(11-20)21-14(3)18-13(2)19-21/h5,7,9,12,15H,4,6,8,10-11H2,1-3H3/t12-,15-/m0/s1. The number of aromatic nitrogens is 3. The van der Waals surface area contributed by atoms with Crippen LogP contribution in [-0.2, 0) is 11.2 Å². The van der Waals surface area contributed by atoms with Gasteiger partial charge in [0.15, 0.2) is 0 Å². The molecule has 6 heteroatoms. The minimum atomic E-state index is 0.0333. The molecule has 0 radical (unpaired) electrons. The van der Waals surface area contributed by atoms with Crippen LogP contribution < -0.4 is 0 Å². The van der Waals surface area contributed by atoms with Crippen LogP contribution in [-0.4, -0.2) is 38.7 Å². The van der Waals surface area contributed by atoms with Gasteiger partial charge in [-0.25, -0.2) is 9.67 Å². The summed E-state index contributed by atoms with van der Waals surface area (Å²) in [6.07, 6.45) is 2.92. The lowest BCUT2D eigenvalue weighted by atomic mass is 10.0. The Morgan fingerprint density at radius 1 is 1.48 bits per heavy atom. The second-order valence-electron chi connectivity index (χ2n) is 6.42. The molecule has 1 fully saturated rings. The van der Waals surface area contributed by atoms with Gasteiger partial charge in [-0.05, 0) is 44.6 Å². The second-order valence-corrected chi connectivity index (χ2v) is 7.45. The Kier molecular flexibility index (Phi) is 4.80. The number of carbonyl (C=O) groups is 1. The van der Waals surface area contributed by atoms with E-state index in [0.717, 1.165) is 44.0 Å². The van der Waals surface area contributed by atoms with Gasteiger partial charge in [0.1, 0.15) is 11.6 Å². The molecule has 0 bridgehead atoms. The molecular weight excluding hydrogens is 308 g/mol. The fourth-order valence-corrected chi connectivity index (χ4v) is 4.20. The molecule has 1 amide bonds. The van der Waals surface area contributed by atoms with Crippen LogP contribution >= 0.6 is 11.3 Å². The summed E-state index contributed by atoms with van der Waals surface area (Å²) in [5, 5.41) is 6.57. The smallest absolute Gasteiger partial charge is 0.225 e. The van der Waals surface area contributed by atoms with Gasteiger partial charge >= 0.3 is 0 Å². The Morgan fingerprint density at radius 2 is 2.30 bits per heavy atom. The molecule has 3 heterocycles. The van der Waals surface area contributed by atoms with Crippen molar-refractivity contribution in [2.24, 2.45) is 5.92 Å². The highest BCUT2D eigenvalue weighted by atomic mass is 32.1. The summed E-state index contributed by atoms with van der Waals surface area (Å²) in [5.74, 6) is 2.04. The quantitative estimate of drug-likeness (QED) is 0.865. The molecule has 2 atom stereocenters. The van der Waals surface area contributed by atoms with Crippen molar-refractivity contribution in [1.29, 1.82) is 0 Å². The zero-order valence-electron chi connectivity index (χ0n) is 14.0. The molecule has 124 valence electrons. The molecule has 0 unspecified atom stereocenters. The maximum Gasteiger partial charge on any atom is 0.225 e. The second kappa shape index (κ2) is 6.83.